The summed E-state index contributed by atoms with van der Waals surface area (Å²) in [6, 6.07) is 6.69. The second-order valence-corrected chi connectivity index (χ2v) is 8.58. The summed E-state index contributed by atoms with van der Waals surface area (Å²) in [6.07, 6.45) is 6.28. The highest BCUT2D eigenvalue weighted by Gasteiger charge is 2.45. The minimum Gasteiger partial charge on any atom is -0.419 e. The molecule has 28 heavy (non-hydrogen) atoms. The Morgan fingerprint density at radius 3 is 2.93 bits per heavy atom. The average Bonchev–Trinajstić information content (AvgIpc) is 3.43. The summed E-state index contributed by atoms with van der Waals surface area (Å²) in [5, 5.41) is 8.26. The summed E-state index contributed by atoms with van der Waals surface area (Å²) < 4.78 is 19.2. The number of piperidine rings is 2. The summed E-state index contributed by atoms with van der Waals surface area (Å²) >= 11 is 0. The van der Waals surface area contributed by atoms with Crippen molar-refractivity contribution in [2.45, 2.75) is 51.1 Å². The molecule has 3 heterocycles. The van der Waals surface area contributed by atoms with Gasteiger partial charge in [-0.1, -0.05) is 6.07 Å². The number of hydrogen-bond acceptors (Lipinski definition) is 5. The largest absolute Gasteiger partial charge is 0.419 e. The maximum absolute atomic E-state index is 13.4. The quantitative estimate of drug-likeness (QED) is 0.810. The smallest absolute Gasteiger partial charge is 0.247 e. The van der Waals surface area contributed by atoms with E-state index in [0.29, 0.717) is 42.3 Å². The Labute approximate surface area is 163 Å². The summed E-state index contributed by atoms with van der Waals surface area (Å²) in [7, 11) is 0. The molecule has 1 saturated carbocycles. The van der Waals surface area contributed by atoms with Crippen LogP contribution in [0.2, 0.25) is 0 Å². The predicted octanol–water partition coefficient (Wildman–Crippen LogP) is 3.24. The molecule has 3 fully saturated rings. The molecule has 5 rings (SSSR count). The van der Waals surface area contributed by atoms with E-state index in [1.807, 2.05) is 0 Å². The maximum Gasteiger partial charge on any atom is 0.247 e. The zero-order valence-electron chi connectivity index (χ0n) is 15.9. The van der Waals surface area contributed by atoms with Crippen LogP contribution in [0.4, 0.5) is 4.39 Å². The normalized spacial score (nSPS) is 26.2. The van der Waals surface area contributed by atoms with Gasteiger partial charge in [0, 0.05) is 36.5 Å². The number of rotatable bonds is 4. The summed E-state index contributed by atoms with van der Waals surface area (Å²) in [5.74, 6) is 0.927. The molecule has 1 amide bonds. The minimum absolute atomic E-state index is 0.195. The van der Waals surface area contributed by atoms with Gasteiger partial charge in [-0.3, -0.25) is 9.69 Å². The fourth-order valence-electron chi connectivity index (χ4n) is 4.79. The molecule has 0 bridgehead atoms. The average molecular weight is 384 g/mol. The first-order chi connectivity index (χ1) is 13.6. The molecule has 1 aliphatic carbocycles. The molecule has 3 aliphatic rings. The van der Waals surface area contributed by atoms with Crippen molar-refractivity contribution in [3.05, 3.63) is 36.0 Å². The molecule has 0 radical (unpaired) electrons. The van der Waals surface area contributed by atoms with Crippen LogP contribution in [0, 0.1) is 11.2 Å². The van der Waals surface area contributed by atoms with Crippen LogP contribution in [-0.2, 0) is 11.3 Å². The number of likely N-dealkylation sites (tertiary alicyclic amines) is 2. The molecule has 2 saturated heterocycles. The molecule has 2 aromatic rings. The monoisotopic (exact) mass is 384 g/mol. The molecule has 1 atom stereocenters. The van der Waals surface area contributed by atoms with Crippen LogP contribution in [0.15, 0.2) is 28.7 Å². The number of carbonyl (C=O) groups excluding carboxylic acids is 1. The Kier molecular flexibility index (Phi) is 4.42. The number of nitrogens with zero attached hydrogens (tertiary/aromatic N) is 4. The Morgan fingerprint density at radius 2 is 2.11 bits per heavy atom. The highest BCUT2D eigenvalue weighted by atomic mass is 19.1. The van der Waals surface area contributed by atoms with Crippen molar-refractivity contribution in [1.29, 1.82) is 0 Å². The van der Waals surface area contributed by atoms with Crippen LogP contribution in [-0.4, -0.2) is 51.6 Å². The van der Waals surface area contributed by atoms with Crippen molar-refractivity contribution in [2.75, 3.05) is 19.6 Å². The van der Waals surface area contributed by atoms with Crippen LogP contribution in [0.3, 0.4) is 0 Å². The molecule has 0 unspecified atom stereocenters. The highest BCUT2D eigenvalue weighted by Crippen LogP contribution is 2.42. The fourth-order valence-corrected chi connectivity index (χ4v) is 4.79. The van der Waals surface area contributed by atoms with Crippen LogP contribution in [0.1, 0.15) is 44.4 Å². The summed E-state index contributed by atoms with van der Waals surface area (Å²) in [6.45, 7) is 3.45. The Morgan fingerprint density at radius 1 is 1.21 bits per heavy atom. The SMILES string of the molecule is O=C1CC[C@]2(CCCN(Cc3nnc(-c4cccc(F)c4)o3)C2)CN1C1CC1. The summed E-state index contributed by atoms with van der Waals surface area (Å²) in [5.41, 5.74) is 0.792. The zero-order chi connectivity index (χ0) is 19.1. The van der Waals surface area contributed by atoms with Gasteiger partial charge in [-0.05, 0) is 56.8 Å². The maximum atomic E-state index is 13.4. The minimum atomic E-state index is -0.317. The van der Waals surface area contributed by atoms with Gasteiger partial charge < -0.3 is 9.32 Å². The fraction of sp³-hybridized carbons (Fsp3) is 0.571. The molecular weight excluding hydrogens is 359 g/mol. The van der Waals surface area contributed by atoms with E-state index < -0.39 is 0 Å². The lowest BCUT2D eigenvalue weighted by atomic mass is 9.73. The van der Waals surface area contributed by atoms with Gasteiger partial charge in [0.05, 0.1) is 6.54 Å². The Hall–Kier alpha value is -2.28. The van der Waals surface area contributed by atoms with Gasteiger partial charge in [-0.15, -0.1) is 10.2 Å². The zero-order valence-corrected chi connectivity index (χ0v) is 15.9. The van der Waals surface area contributed by atoms with Crippen molar-refractivity contribution in [3.63, 3.8) is 0 Å². The van der Waals surface area contributed by atoms with Gasteiger partial charge in [0.15, 0.2) is 0 Å². The van der Waals surface area contributed by atoms with Crippen LogP contribution < -0.4 is 0 Å². The predicted molar refractivity (Wildman–Crippen MR) is 101 cm³/mol. The number of aromatic nitrogens is 2. The van der Waals surface area contributed by atoms with Crippen LogP contribution in [0.25, 0.3) is 11.5 Å². The molecule has 1 aromatic heterocycles. The lowest BCUT2D eigenvalue weighted by Gasteiger charge is -2.48. The lowest BCUT2D eigenvalue weighted by molar-refractivity contribution is -0.140. The molecule has 6 nitrogen and oxygen atoms in total. The molecule has 1 spiro atoms. The van der Waals surface area contributed by atoms with E-state index in [1.165, 1.54) is 18.6 Å². The molecule has 148 valence electrons. The molecular formula is C21H25FN4O2. The highest BCUT2D eigenvalue weighted by molar-refractivity contribution is 5.78. The van der Waals surface area contributed by atoms with Gasteiger partial charge in [-0.25, -0.2) is 4.39 Å². The third kappa shape index (κ3) is 3.55. The van der Waals surface area contributed by atoms with Crippen LogP contribution in [0.5, 0.6) is 0 Å². The first-order valence-electron chi connectivity index (χ1n) is 10.2. The second kappa shape index (κ2) is 6.95. The molecule has 1 aromatic carbocycles. The number of amides is 1. The van der Waals surface area contributed by atoms with Crippen molar-refractivity contribution in [1.82, 2.24) is 20.0 Å². The third-order valence-corrected chi connectivity index (χ3v) is 6.32. The van der Waals surface area contributed by atoms with E-state index >= 15 is 0 Å². The van der Waals surface area contributed by atoms with E-state index in [9.17, 15) is 9.18 Å². The number of halogens is 1. The lowest BCUT2D eigenvalue weighted by Crippen LogP contribution is -2.54. The number of benzene rings is 1. The van der Waals surface area contributed by atoms with Crippen molar-refractivity contribution in [3.8, 4) is 11.5 Å². The Bertz CT molecular complexity index is 881. The van der Waals surface area contributed by atoms with E-state index in [0.717, 1.165) is 45.3 Å². The Balaban J connectivity index is 1.27. The number of carbonyl (C=O) groups is 1. The van der Waals surface area contributed by atoms with Gasteiger partial charge in [0.2, 0.25) is 17.7 Å². The molecule has 7 heteroatoms. The molecule has 0 N–H and O–H groups in total. The van der Waals surface area contributed by atoms with Crippen molar-refractivity contribution >= 4 is 5.91 Å². The third-order valence-electron chi connectivity index (χ3n) is 6.32. The first kappa shape index (κ1) is 17.8. The van der Waals surface area contributed by atoms with Gasteiger partial charge in [-0.2, -0.15) is 0 Å². The molecule has 2 aliphatic heterocycles. The topological polar surface area (TPSA) is 62.5 Å². The van der Waals surface area contributed by atoms with Crippen LogP contribution >= 0.6 is 0 Å². The van der Waals surface area contributed by atoms with Gasteiger partial charge in [0.1, 0.15) is 5.82 Å². The van der Waals surface area contributed by atoms with Gasteiger partial charge in [0.25, 0.3) is 0 Å². The van der Waals surface area contributed by atoms with Crippen molar-refractivity contribution in [2.24, 2.45) is 5.41 Å². The summed E-state index contributed by atoms with van der Waals surface area (Å²) in [4.78, 5) is 16.8. The standard InChI is InChI=1S/C21H25FN4O2/c22-16-4-1-3-15(11-16)20-24-23-18(28-20)12-25-10-2-8-21(13-25)9-7-19(27)26(14-21)17-5-6-17/h1,3-4,11,17H,2,5-10,12-14H2/t21-/m0/s1. The van der Waals surface area contributed by atoms with Crippen molar-refractivity contribution < 1.29 is 13.6 Å². The first-order valence-corrected chi connectivity index (χ1v) is 10.2. The van der Waals surface area contributed by atoms with E-state index in [4.69, 9.17) is 4.42 Å². The van der Waals surface area contributed by atoms with Gasteiger partial charge >= 0.3 is 0 Å². The van der Waals surface area contributed by atoms with E-state index in [-0.39, 0.29) is 11.2 Å². The van der Waals surface area contributed by atoms with E-state index in [1.54, 1.807) is 12.1 Å². The van der Waals surface area contributed by atoms with E-state index in [2.05, 4.69) is 20.0 Å². The number of hydrogen-bond donors (Lipinski definition) is 0. The second-order valence-electron chi connectivity index (χ2n) is 8.58.